The minimum Gasteiger partial charge on any atom is -0.496 e. The summed E-state index contributed by atoms with van der Waals surface area (Å²) >= 11 is 3.33. The summed E-state index contributed by atoms with van der Waals surface area (Å²) in [5, 5.41) is 9.23. The van der Waals surface area contributed by atoms with E-state index >= 15 is 0 Å². The van der Waals surface area contributed by atoms with Crippen molar-refractivity contribution in [2.75, 3.05) is 20.7 Å². The second kappa shape index (κ2) is 6.02. The molecule has 4 nitrogen and oxygen atoms in total. The summed E-state index contributed by atoms with van der Waals surface area (Å²) in [5.41, 5.74) is 0.556. The first-order valence-corrected chi connectivity index (χ1v) is 6.02. The van der Waals surface area contributed by atoms with Gasteiger partial charge in [0.2, 0.25) is 0 Å². The number of rotatable bonds is 4. The maximum atomic E-state index is 12.0. The van der Waals surface area contributed by atoms with Gasteiger partial charge in [0, 0.05) is 19.2 Å². The van der Waals surface area contributed by atoms with Gasteiger partial charge in [0.25, 0.3) is 5.91 Å². The molecule has 0 spiro atoms. The molecule has 0 radical (unpaired) electrons. The number of hydrogen-bond donors (Lipinski definition) is 1. The smallest absolute Gasteiger partial charge is 0.253 e. The molecule has 1 aromatic rings. The maximum absolute atomic E-state index is 12.0. The van der Waals surface area contributed by atoms with Crippen LogP contribution in [0.4, 0.5) is 0 Å². The summed E-state index contributed by atoms with van der Waals surface area (Å²) in [4.78, 5) is 13.5. The predicted octanol–water partition coefficient (Wildman–Crippen LogP) is 1.91. The van der Waals surface area contributed by atoms with Crippen molar-refractivity contribution >= 4 is 21.8 Å². The highest BCUT2D eigenvalue weighted by atomic mass is 79.9. The Labute approximate surface area is 109 Å². The molecular weight excluding hydrogens is 286 g/mol. The first-order valence-electron chi connectivity index (χ1n) is 5.22. The number of benzene rings is 1. The Bertz CT molecular complexity index is 407. The van der Waals surface area contributed by atoms with Crippen molar-refractivity contribution in [2.24, 2.45) is 0 Å². The maximum Gasteiger partial charge on any atom is 0.253 e. The van der Waals surface area contributed by atoms with Crippen LogP contribution in [0.2, 0.25) is 0 Å². The molecule has 5 heteroatoms. The second-order valence-electron chi connectivity index (χ2n) is 3.88. The van der Waals surface area contributed by atoms with Crippen LogP contribution in [0.1, 0.15) is 17.3 Å². The third-order valence-electron chi connectivity index (χ3n) is 2.28. The summed E-state index contributed by atoms with van der Waals surface area (Å²) in [7, 11) is 3.23. The second-order valence-corrected chi connectivity index (χ2v) is 4.74. The van der Waals surface area contributed by atoms with Crippen molar-refractivity contribution in [1.82, 2.24) is 4.90 Å². The monoisotopic (exact) mass is 301 g/mol. The highest BCUT2D eigenvalue weighted by Crippen LogP contribution is 2.25. The van der Waals surface area contributed by atoms with Crippen molar-refractivity contribution < 1.29 is 14.6 Å². The molecule has 0 saturated carbocycles. The van der Waals surface area contributed by atoms with Gasteiger partial charge in [0.1, 0.15) is 5.75 Å². The van der Waals surface area contributed by atoms with Gasteiger partial charge in [0.15, 0.2) is 0 Å². The molecule has 0 fully saturated rings. The van der Waals surface area contributed by atoms with Crippen LogP contribution in [0, 0.1) is 0 Å². The number of ether oxygens (including phenoxy) is 1. The highest BCUT2D eigenvalue weighted by Gasteiger charge is 2.14. The van der Waals surface area contributed by atoms with E-state index in [0.717, 1.165) is 4.47 Å². The zero-order valence-corrected chi connectivity index (χ0v) is 11.7. The first-order chi connectivity index (χ1) is 7.95. The number of likely N-dealkylation sites (N-methyl/N-ethyl adjacent to an activating group) is 1. The average molecular weight is 302 g/mol. The Kier molecular flexibility index (Phi) is 4.96. The Morgan fingerprint density at radius 3 is 2.71 bits per heavy atom. The first kappa shape index (κ1) is 14.0. The molecule has 0 aliphatic carbocycles. The quantitative estimate of drug-likeness (QED) is 0.924. The molecule has 0 aliphatic heterocycles. The number of nitrogens with zero attached hydrogens (tertiary/aromatic N) is 1. The third kappa shape index (κ3) is 3.71. The SMILES string of the molecule is COc1ccc(C(=O)N(C)CC(C)O)cc1Br. The van der Waals surface area contributed by atoms with Gasteiger partial charge in [-0.15, -0.1) is 0 Å². The largest absolute Gasteiger partial charge is 0.496 e. The molecule has 1 N–H and O–H groups in total. The third-order valence-corrected chi connectivity index (χ3v) is 2.90. The van der Waals surface area contributed by atoms with Crippen LogP contribution in [-0.4, -0.2) is 42.7 Å². The molecule has 17 heavy (non-hydrogen) atoms. The summed E-state index contributed by atoms with van der Waals surface area (Å²) < 4.78 is 5.83. The number of aliphatic hydroxyl groups is 1. The van der Waals surface area contributed by atoms with Gasteiger partial charge in [0.05, 0.1) is 17.7 Å². The Morgan fingerprint density at radius 2 is 2.24 bits per heavy atom. The molecule has 1 atom stereocenters. The van der Waals surface area contributed by atoms with Gasteiger partial charge in [-0.1, -0.05) is 0 Å². The van der Waals surface area contributed by atoms with Crippen LogP contribution in [-0.2, 0) is 0 Å². The van der Waals surface area contributed by atoms with Crippen LogP contribution in [0.3, 0.4) is 0 Å². The number of amides is 1. The van der Waals surface area contributed by atoms with Crippen molar-refractivity contribution in [2.45, 2.75) is 13.0 Å². The molecule has 94 valence electrons. The van der Waals surface area contributed by atoms with Crippen LogP contribution < -0.4 is 4.74 Å². The van der Waals surface area contributed by atoms with E-state index in [4.69, 9.17) is 4.74 Å². The van der Waals surface area contributed by atoms with Gasteiger partial charge >= 0.3 is 0 Å². The van der Waals surface area contributed by atoms with Crippen molar-refractivity contribution in [3.8, 4) is 5.75 Å². The average Bonchev–Trinajstić information content (AvgIpc) is 2.27. The lowest BCUT2D eigenvalue weighted by atomic mass is 10.2. The summed E-state index contributed by atoms with van der Waals surface area (Å²) in [6, 6.07) is 5.14. The number of methoxy groups -OCH3 is 1. The lowest BCUT2D eigenvalue weighted by Gasteiger charge is -2.19. The summed E-state index contributed by atoms with van der Waals surface area (Å²) in [5.74, 6) is 0.550. The summed E-state index contributed by atoms with van der Waals surface area (Å²) in [6.45, 7) is 1.95. The van der Waals surface area contributed by atoms with Crippen LogP contribution in [0.25, 0.3) is 0 Å². The van der Waals surface area contributed by atoms with Gasteiger partial charge in [-0.05, 0) is 41.1 Å². The minimum absolute atomic E-state index is 0.130. The molecule has 1 rings (SSSR count). The molecule has 1 unspecified atom stereocenters. The predicted molar refractivity (Wildman–Crippen MR) is 69.3 cm³/mol. The van der Waals surface area contributed by atoms with Gasteiger partial charge < -0.3 is 14.7 Å². The van der Waals surface area contributed by atoms with Crippen molar-refractivity contribution in [1.29, 1.82) is 0 Å². The minimum atomic E-state index is -0.536. The van der Waals surface area contributed by atoms with E-state index < -0.39 is 6.10 Å². The standard InChI is InChI=1S/C12H16BrNO3/c1-8(15)7-14(2)12(16)9-4-5-11(17-3)10(13)6-9/h4-6,8,15H,7H2,1-3H3. The van der Waals surface area contributed by atoms with E-state index in [1.807, 2.05) is 0 Å². The van der Waals surface area contributed by atoms with Crippen LogP contribution in [0.15, 0.2) is 22.7 Å². The number of aliphatic hydroxyl groups excluding tert-OH is 1. The normalized spacial score (nSPS) is 12.1. The summed E-state index contributed by atoms with van der Waals surface area (Å²) in [6.07, 6.45) is -0.536. The molecule has 1 aromatic carbocycles. The molecule has 0 aliphatic rings. The highest BCUT2D eigenvalue weighted by molar-refractivity contribution is 9.10. The fourth-order valence-corrected chi connectivity index (χ4v) is 2.04. The van der Waals surface area contributed by atoms with E-state index in [0.29, 0.717) is 17.9 Å². The number of carbonyl (C=O) groups excluding carboxylic acids is 1. The fourth-order valence-electron chi connectivity index (χ4n) is 1.50. The topological polar surface area (TPSA) is 49.8 Å². The van der Waals surface area contributed by atoms with Gasteiger partial charge in [-0.3, -0.25) is 4.79 Å². The molecular formula is C12H16BrNO3. The molecule has 0 aromatic heterocycles. The van der Waals surface area contributed by atoms with E-state index in [9.17, 15) is 9.90 Å². The van der Waals surface area contributed by atoms with E-state index in [1.165, 1.54) is 4.90 Å². The van der Waals surface area contributed by atoms with E-state index in [2.05, 4.69) is 15.9 Å². The zero-order chi connectivity index (χ0) is 13.0. The van der Waals surface area contributed by atoms with Gasteiger partial charge in [-0.25, -0.2) is 0 Å². The fraction of sp³-hybridized carbons (Fsp3) is 0.417. The Balaban J connectivity index is 2.86. The lowest BCUT2D eigenvalue weighted by molar-refractivity contribution is 0.0703. The number of carbonyl (C=O) groups is 1. The van der Waals surface area contributed by atoms with Gasteiger partial charge in [-0.2, -0.15) is 0 Å². The zero-order valence-electron chi connectivity index (χ0n) is 10.1. The van der Waals surface area contributed by atoms with E-state index in [1.54, 1.807) is 39.3 Å². The number of hydrogen-bond acceptors (Lipinski definition) is 3. The number of halogens is 1. The van der Waals surface area contributed by atoms with Crippen LogP contribution >= 0.6 is 15.9 Å². The molecule has 0 heterocycles. The van der Waals surface area contributed by atoms with Crippen molar-refractivity contribution in [3.63, 3.8) is 0 Å². The molecule has 0 saturated heterocycles. The van der Waals surface area contributed by atoms with Crippen LogP contribution in [0.5, 0.6) is 5.75 Å². The molecule has 0 bridgehead atoms. The molecule has 1 amide bonds. The van der Waals surface area contributed by atoms with Crippen molar-refractivity contribution in [3.05, 3.63) is 28.2 Å². The lowest BCUT2D eigenvalue weighted by Crippen LogP contribution is -2.33. The van der Waals surface area contributed by atoms with E-state index in [-0.39, 0.29) is 5.91 Å². The Morgan fingerprint density at radius 1 is 1.59 bits per heavy atom. The Hall–Kier alpha value is -1.07.